The van der Waals surface area contributed by atoms with Crippen molar-refractivity contribution in [1.29, 1.82) is 0 Å². The third-order valence-corrected chi connectivity index (χ3v) is 16.4. The van der Waals surface area contributed by atoms with Gasteiger partial charge in [-0.3, -0.25) is 14.2 Å². The zero-order chi connectivity index (χ0) is 59.3. The van der Waals surface area contributed by atoms with Crippen LogP contribution in [-0.2, 0) is 27.9 Å². The van der Waals surface area contributed by atoms with Gasteiger partial charge < -0.3 is 28.5 Å². The van der Waals surface area contributed by atoms with Crippen LogP contribution in [0.25, 0.3) is 0 Å². The molecule has 3 unspecified atom stereocenters. The van der Waals surface area contributed by atoms with E-state index < -0.39 is 20.0 Å². The summed E-state index contributed by atoms with van der Waals surface area (Å²) >= 11 is 0. The monoisotopic (exact) mass is 1160 g/mol. The maximum absolute atomic E-state index is 13.6. The van der Waals surface area contributed by atoms with E-state index in [4.69, 9.17) is 13.8 Å². The van der Waals surface area contributed by atoms with Crippen molar-refractivity contribution in [1.82, 2.24) is 5.32 Å². The maximum atomic E-state index is 13.6. The summed E-state index contributed by atoms with van der Waals surface area (Å²) in [5.41, 5.74) is 0. The molecule has 0 saturated heterocycles. The maximum Gasteiger partial charge on any atom is 0.306 e. The molecule has 0 bridgehead atoms. The van der Waals surface area contributed by atoms with Crippen molar-refractivity contribution >= 4 is 19.7 Å². The molecule has 0 fully saturated rings. The number of allylic oxidation sites excluding steroid dienone is 9. The molecule has 0 spiro atoms. The van der Waals surface area contributed by atoms with Gasteiger partial charge in [-0.1, -0.05) is 281 Å². The van der Waals surface area contributed by atoms with E-state index in [0.717, 1.165) is 70.6 Å². The summed E-state index contributed by atoms with van der Waals surface area (Å²) in [5.74, 6) is -0.536. The molecule has 0 heterocycles. The summed E-state index contributed by atoms with van der Waals surface area (Å²) in [5, 5.41) is 3.04. The summed E-state index contributed by atoms with van der Waals surface area (Å²) in [7, 11) is 1.19. The molecule has 0 aliphatic rings. The molecule has 0 saturated carbocycles. The van der Waals surface area contributed by atoms with Crippen LogP contribution >= 0.6 is 7.82 Å². The van der Waals surface area contributed by atoms with Gasteiger partial charge in [0.25, 0.3) is 7.82 Å². The Labute approximate surface area is 502 Å². The second-order valence-corrected chi connectivity index (χ2v) is 26.1. The Morgan fingerprint density at radius 2 is 0.753 bits per heavy atom. The lowest BCUT2D eigenvalue weighted by Gasteiger charge is -2.30. The fourth-order valence-electron chi connectivity index (χ4n) is 10.1. The van der Waals surface area contributed by atoms with E-state index in [0.29, 0.717) is 17.4 Å². The van der Waals surface area contributed by atoms with Crippen molar-refractivity contribution in [3.8, 4) is 0 Å². The third-order valence-electron chi connectivity index (χ3n) is 15.4. The molecule has 474 valence electrons. The van der Waals surface area contributed by atoms with Gasteiger partial charge >= 0.3 is 5.97 Å². The molecule has 0 rings (SSSR count). The van der Waals surface area contributed by atoms with Gasteiger partial charge in [0.05, 0.1) is 33.8 Å². The van der Waals surface area contributed by atoms with Crippen LogP contribution in [0.2, 0.25) is 0 Å². The number of unbranched alkanes of at least 4 members (excludes halogenated alkanes) is 39. The minimum atomic E-state index is -4.70. The van der Waals surface area contributed by atoms with Crippen LogP contribution in [0.1, 0.15) is 329 Å². The van der Waals surface area contributed by atoms with Crippen LogP contribution in [0.3, 0.4) is 0 Å². The van der Waals surface area contributed by atoms with Gasteiger partial charge in [0.15, 0.2) is 0 Å². The number of amides is 1. The second kappa shape index (κ2) is 60.8. The Balaban J connectivity index is 5.05. The third kappa shape index (κ3) is 62.1. The van der Waals surface area contributed by atoms with Gasteiger partial charge in [0.2, 0.25) is 5.91 Å². The van der Waals surface area contributed by atoms with Crippen molar-refractivity contribution in [2.45, 2.75) is 341 Å². The Kier molecular flexibility index (Phi) is 59.1. The SMILES string of the molecule is CCCCC/C=C\C/C=C\C/C=C\CCCCCCCCCCCCCCC(=O)NC(COP(=O)([O-])OCC[N+](C)(C)C)C(/C=C\CCCCCCCCCCC)OC(=O)CCCCCCCCCCC/C=C/CCCCCCCC. The number of phosphoric ester groups is 1. The standard InChI is InChI=1S/C71H133N2O7P/c1-7-10-13-16-19-22-25-27-29-31-33-34-35-36-37-38-40-41-43-45-48-51-54-57-60-63-70(74)72-68(67-79-81(76,77)78-66-65-73(4,5)6)69(62-59-56-53-50-47-24-21-18-15-12-9-3)80-71(75)64-61-58-55-52-49-46-44-42-39-32-30-28-26-23-20-17-14-11-8-2/h19,22,27-30,33-34,59,62,68-69H,7-18,20-21,23-26,31-32,35-58,60-61,63-67H2,1-6H3,(H-,72,74,76,77)/b22-19-,29-27-,30-28+,34-33-,62-59-. The summed E-state index contributed by atoms with van der Waals surface area (Å²) in [6.45, 7) is 6.84. The van der Waals surface area contributed by atoms with Crippen LogP contribution in [0.4, 0.5) is 0 Å². The molecule has 0 aromatic heterocycles. The fraction of sp³-hybridized carbons (Fsp3) is 0.831. The van der Waals surface area contributed by atoms with Crippen molar-refractivity contribution in [3.05, 3.63) is 60.8 Å². The average molecular weight is 1160 g/mol. The Hall–Kier alpha value is -2.29. The van der Waals surface area contributed by atoms with Crippen LogP contribution in [0, 0.1) is 0 Å². The van der Waals surface area contributed by atoms with E-state index in [1.54, 1.807) is 0 Å². The van der Waals surface area contributed by atoms with E-state index in [1.807, 2.05) is 33.3 Å². The zero-order valence-electron chi connectivity index (χ0n) is 54.2. The minimum Gasteiger partial charge on any atom is -0.756 e. The molecular weight excluding hydrogens is 1020 g/mol. The normalized spacial score (nSPS) is 13.9. The van der Waals surface area contributed by atoms with E-state index in [1.165, 1.54) is 225 Å². The van der Waals surface area contributed by atoms with Crippen molar-refractivity contribution in [3.63, 3.8) is 0 Å². The zero-order valence-corrected chi connectivity index (χ0v) is 55.1. The van der Waals surface area contributed by atoms with Gasteiger partial charge in [0, 0.05) is 12.8 Å². The Morgan fingerprint density at radius 3 is 1.16 bits per heavy atom. The number of rotatable bonds is 63. The summed E-state index contributed by atoms with van der Waals surface area (Å²) in [4.78, 5) is 40.1. The quantitative estimate of drug-likeness (QED) is 0.0212. The number of nitrogens with zero attached hydrogens (tertiary/aromatic N) is 1. The fourth-order valence-corrected chi connectivity index (χ4v) is 10.8. The first-order valence-electron chi connectivity index (χ1n) is 34.6. The summed E-state index contributed by atoms with van der Waals surface area (Å²) < 4.78 is 30.4. The van der Waals surface area contributed by atoms with Crippen LogP contribution < -0.4 is 10.2 Å². The number of carbonyl (C=O) groups excluding carboxylic acids is 2. The highest BCUT2D eigenvalue weighted by Crippen LogP contribution is 2.38. The molecule has 0 aliphatic heterocycles. The highest BCUT2D eigenvalue weighted by molar-refractivity contribution is 7.45. The molecule has 0 aromatic rings. The summed E-state index contributed by atoms with van der Waals surface area (Å²) in [6, 6.07) is -0.891. The Bertz CT molecular complexity index is 1570. The number of nitrogens with one attached hydrogen (secondary N) is 1. The van der Waals surface area contributed by atoms with E-state index in [9.17, 15) is 19.0 Å². The molecule has 0 aromatic carbocycles. The largest absolute Gasteiger partial charge is 0.756 e. The first-order valence-corrected chi connectivity index (χ1v) is 36.1. The lowest BCUT2D eigenvalue weighted by Crippen LogP contribution is -2.47. The van der Waals surface area contributed by atoms with Crippen molar-refractivity contribution in [2.75, 3.05) is 40.9 Å². The predicted octanol–water partition coefficient (Wildman–Crippen LogP) is 21.2. The molecule has 3 atom stereocenters. The number of ether oxygens (including phenoxy) is 1. The van der Waals surface area contributed by atoms with Crippen LogP contribution in [0.15, 0.2) is 60.8 Å². The molecule has 0 radical (unpaired) electrons. The highest BCUT2D eigenvalue weighted by Gasteiger charge is 2.27. The first-order chi connectivity index (χ1) is 39.4. The van der Waals surface area contributed by atoms with Gasteiger partial charge in [-0.25, -0.2) is 0 Å². The first kappa shape index (κ1) is 78.7. The van der Waals surface area contributed by atoms with Crippen LogP contribution in [-0.4, -0.2) is 69.4 Å². The Morgan fingerprint density at radius 1 is 0.432 bits per heavy atom. The number of quaternary nitrogens is 1. The van der Waals surface area contributed by atoms with E-state index in [2.05, 4.69) is 74.7 Å². The summed E-state index contributed by atoms with van der Waals surface area (Å²) in [6.07, 6.45) is 77.7. The number of esters is 1. The molecule has 10 heteroatoms. The van der Waals surface area contributed by atoms with E-state index in [-0.39, 0.29) is 31.5 Å². The van der Waals surface area contributed by atoms with Crippen molar-refractivity contribution < 1.29 is 37.3 Å². The van der Waals surface area contributed by atoms with E-state index >= 15 is 0 Å². The number of carbonyl (C=O) groups is 2. The highest BCUT2D eigenvalue weighted by atomic mass is 31.2. The van der Waals surface area contributed by atoms with Gasteiger partial charge in [0.1, 0.15) is 19.3 Å². The number of hydrogen-bond donors (Lipinski definition) is 1. The topological polar surface area (TPSA) is 114 Å². The molecule has 1 amide bonds. The smallest absolute Gasteiger partial charge is 0.306 e. The van der Waals surface area contributed by atoms with Gasteiger partial charge in [-0.05, 0) is 96.0 Å². The van der Waals surface area contributed by atoms with Crippen molar-refractivity contribution in [2.24, 2.45) is 0 Å². The molecule has 81 heavy (non-hydrogen) atoms. The molecule has 9 nitrogen and oxygen atoms in total. The number of hydrogen-bond acceptors (Lipinski definition) is 7. The molecule has 1 N–H and O–H groups in total. The average Bonchev–Trinajstić information content (AvgIpc) is 3.44. The van der Waals surface area contributed by atoms with Crippen LogP contribution in [0.5, 0.6) is 0 Å². The minimum absolute atomic E-state index is 0.0230. The van der Waals surface area contributed by atoms with Gasteiger partial charge in [-0.2, -0.15) is 0 Å². The number of likely N-dealkylation sites (N-methyl/N-ethyl adjacent to an activating group) is 1. The lowest BCUT2D eigenvalue weighted by atomic mass is 10.0. The number of phosphoric acid groups is 1. The lowest BCUT2D eigenvalue weighted by molar-refractivity contribution is -0.870. The molecule has 0 aliphatic carbocycles. The predicted molar refractivity (Wildman–Crippen MR) is 349 cm³/mol. The second-order valence-electron chi connectivity index (χ2n) is 24.7. The molecular formula is C71H133N2O7P. The van der Waals surface area contributed by atoms with Gasteiger partial charge in [-0.15, -0.1) is 0 Å².